The van der Waals surface area contributed by atoms with E-state index in [2.05, 4.69) is 50.4 Å². The first-order valence-corrected chi connectivity index (χ1v) is 8.27. The molecule has 1 aromatic carbocycles. The van der Waals surface area contributed by atoms with Gasteiger partial charge in [-0.1, -0.05) is 45.4 Å². The molecule has 1 aromatic rings. The Balaban J connectivity index is 2.71. The van der Waals surface area contributed by atoms with Crippen LogP contribution in [-0.2, 0) is 0 Å². The van der Waals surface area contributed by atoms with E-state index in [4.69, 9.17) is 0 Å². The highest BCUT2D eigenvalue weighted by atomic mass is 32.2. The van der Waals surface area contributed by atoms with Gasteiger partial charge in [0.05, 0.1) is 0 Å². The lowest BCUT2D eigenvalue weighted by molar-refractivity contribution is 0.512. The summed E-state index contributed by atoms with van der Waals surface area (Å²) in [6, 6.07) is 9.38. The van der Waals surface area contributed by atoms with Gasteiger partial charge < -0.3 is 5.32 Å². The molecule has 1 nitrogen and oxygen atoms in total. The zero-order valence-electron chi connectivity index (χ0n) is 12.0. The van der Waals surface area contributed by atoms with E-state index in [0.29, 0.717) is 6.04 Å². The van der Waals surface area contributed by atoms with Crippen LogP contribution in [0.2, 0.25) is 0 Å². The van der Waals surface area contributed by atoms with Gasteiger partial charge in [-0.3, -0.25) is 0 Å². The Morgan fingerprint density at radius 2 is 1.89 bits per heavy atom. The fraction of sp³-hybridized carbons (Fsp3) is 0.625. The molecule has 0 aliphatic carbocycles. The molecule has 0 saturated heterocycles. The molecule has 0 fully saturated rings. The predicted octanol–water partition coefficient (Wildman–Crippen LogP) is 5.03. The van der Waals surface area contributed by atoms with Crippen LogP contribution in [-0.4, -0.2) is 12.3 Å². The van der Waals surface area contributed by atoms with Gasteiger partial charge in [-0.25, -0.2) is 0 Å². The number of rotatable bonds is 9. The van der Waals surface area contributed by atoms with Crippen molar-refractivity contribution in [3.63, 3.8) is 0 Å². The van der Waals surface area contributed by atoms with Gasteiger partial charge in [-0.05, 0) is 43.2 Å². The SMILES string of the molecule is CCCCSc1ccccc1C(CC)NCCC. The fourth-order valence-corrected chi connectivity index (χ4v) is 3.22. The molecule has 0 aliphatic rings. The van der Waals surface area contributed by atoms with Crippen LogP contribution in [0.4, 0.5) is 0 Å². The Morgan fingerprint density at radius 3 is 2.56 bits per heavy atom. The van der Waals surface area contributed by atoms with Crippen molar-refractivity contribution in [2.45, 2.75) is 57.4 Å². The lowest BCUT2D eigenvalue weighted by Crippen LogP contribution is -2.21. The van der Waals surface area contributed by atoms with E-state index < -0.39 is 0 Å². The normalized spacial score (nSPS) is 12.6. The second kappa shape index (κ2) is 9.46. The Hall–Kier alpha value is -0.470. The van der Waals surface area contributed by atoms with Crippen LogP contribution in [0, 0.1) is 0 Å². The first-order valence-electron chi connectivity index (χ1n) is 7.28. The van der Waals surface area contributed by atoms with Crippen molar-refractivity contribution in [3.05, 3.63) is 29.8 Å². The van der Waals surface area contributed by atoms with Crippen molar-refractivity contribution in [1.82, 2.24) is 5.32 Å². The number of thioether (sulfide) groups is 1. The van der Waals surface area contributed by atoms with Crippen LogP contribution in [0.5, 0.6) is 0 Å². The van der Waals surface area contributed by atoms with Crippen LogP contribution < -0.4 is 5.32 Å². The zero-order chi connectivity index (χ0) is 13.2. The molecule has 0 spiro atoms. The highest BCUT2D eigenvalue weighted by Gasteiger charge is 2.12. The zero-order valence-corrected chi connectivity index (χ0v) is 12.9. The Kier molecular flexibility index (Phi) is 8.19. The summed E-state index contributed by atoms with van der Waals surface area (Å²) < 4.78 is 0. The molecule has 0 radical (unpaired) electrons. The number of nitrogens with one attached hydrogen (secondary N) is 1. The van der Waals surface area contributed by atoms with Crippen molar-refractivity contribution in [1.29, 1.82) is 0 Å². The van der Waals surface area contributed by atoms with E-state index in [-0.39, 0.29) is 0 Å². The van der Waals surface area contributed by atoms with Crippen LogP contribution in [0.15, 0.2) is 29.2 Å². The average Bonchev–Trinajstić information content (AvgIpc) is 2.41. The first-order chi connectivity index (χ1) is 8.83. The monoisotopic (exact) mass is 265 g/mol. The molecule has 2 heteroatoms. The largest absolute Gasteiger partial charge is 0.310 e. The second-order valence-electron chi connectivity index (χ2n) is 4.65. The van der Waals surface area contributed by atoms with E-state index in [9.17, 15) is 0 Å². The molecule has 1 rings (SSSR count). The van der Waals surface area contributed by atoms with Crippen molar-refractivity contribution < 1.29 is 0 Å². The Bertz CT molecular complexity index is 325. The molecule has 1 atom stereocenters. The van der Waals surface area contributed by atoms with E-state index in [0.717, 1.165) is 13.0 Å². The highest BCUT2D eigenvalue weighted by molar-refractivity contribution is 7.99. The number of unbranched alkanes of at least 4 members (excludes halogenated alkanes) is 1. The molecule has 0 aromatic heterocycles. The molecule has 0 amide bonds. The van der Waals surface area contributed by atoms with Crippen LogP contribution >= 0.6 is 11.8 Å². The van der Waals surface area contributed by atoms with Gasteiger partial charge in [0.1, 0.15) is 0 Å². The summed E-state index contributed by atoms with van der Waals surface area (Å²) in [5.74, 6) is 1.23. The number of hydrogen-bond acceptors (Lipinski definition) is 2. The van der Waals surface area contributed by atoms with Crippen molar-refractivity contribution in [2.75, 3.05) is 12.3 Å². The van der Waals surface area contributed by atoms with Crippen LogP contribution in [0.3, 0.4) is 0 Å². The average molecular weight is 265 g/mol. The van der Waals surface area contributed by atoms with E-state index >= 15 is 0 Å². The standard InChI is InChI=1S/C16H27NS/c1-4-7-13-18-16-11-9-8-10-14(16)15(6-3)17-12-5-2/h8-11,15,17H,4-7,12-13H2,1-3H3. The third kappa shape index (κ3) is 5.03. The molecule has 0 bridgehead atoms. The minimum Gasteiger partial charge on any atom is -0.310 e. The van der Waals surface area contributed by atoms with Crippen molar-refractivity contribution >= 4 is 11.8 Å². The first kappa shape index (κ1) is 15.6. The van der Waals surface area contributed by atoms with Gasteiger partial charge in [-0.15, -0.1) is 11.8 Å². The summed E-state index contributed by atoms with van der Waals surface area (Å²) in [6.45, 7) is 7.85. The van der Waals surface area contributed by atoms with E-state index in [1.807, 2.05) is 11.8 Å². The quantitative estimate of drug-likeness (QED) is 0.496. The molecule has 0 saturated carbocycles. The van der Waals surface area contributed by atoms with E-state index in [1.165, 1.54) is 35.5 Å². The highest BCUT2D eigenvalue weighted by Crippen LogP contribution is 2.29. The maximum Gasteiger partial charge on any atom is 0.0328 e. The fourth-order valence-electron chi connectivity index (χ4n) is 2.02. The van der Waals surface area contributed by atoms with Gasteiger partial charge in [0.25, 0.3) is 0 Å². The van der Waals surface area contributed by atoms with Gasteiger partial charge in [-0.2, -0.15) is 0 Å². The summed E-state index contributed by atoms with van der Waals surface area (Å²) >= 11 is 2.01. The minimum absolute atomic E-state index is 0.510. The molecule has 1 unspecified atom stereocenters. The molecule has 0 aliphatic heterocycles. The summed E-state index contributed by atoms with van der Waals surface area (Å²) in [4.78, 5) is 1.46. The third-order valence-electron chi connectivity index (χ3n) is 3.10. The lowest BCUT2D eigenvalue weighted by Gasteiger charge is -2.20. The van der Waals surface area contributed by atoms with Crippen LogP contribution in [0.25, 0.3) is 0 Å². The Labute approximate surface area is 117 Å². The van der Waals surface area contributed by atoms with Gasteiger partial charge >= 0.3 is 0 Å². The summed E-state index contributed by atoms with van der Waals surface area (Å²) in [7, 11) is 0. The van der Waals surface area contributed by atoms with Gasteiger partial charge in [0, 0.05) is 10.9 Å². The lowest BCUT2D eigenvalue weighted by atomic mass is 10.0. The van der Waals surface area contributed by atoms with Crippen LogP contribution in [0.1, 0.15) is 58.1 Å². The molecular formula is C16H27NS. The summed E-state index contributed by atoms with van der Waals surface area (Å²) in [5.41, 5.74) is 1.48. The topological polar surface area (TPSA) is 12.0 Å². The second-order valence-corrected chi connectivity index (χ2v) is 5.79. The van der Waals surface area contributed by atoms with Crippen molar-refractivity contribution in [2.24, 2.45) is 0 Å². The smallest absolute Gasteiger partial charge is 0.0328 e. The number of hydrogen-bond donors (Lipinski definition) is 1. The Morgan fingerprint density at radius 1 is 1.11 bits per heavy atom. The summed E-state index contributed by atoms with van der Waals surface area (Å²) in [5, 5.41) is 3.65. The molecule has 18 heavy (non-hydrogen) atoms. The summed E-state index contributed by atoms with van der Waals surface area (Å²) in [6.07, 6.45) is 4.94. The molecular weight excluding hydrogens is 238 g/mol. The maximum atomic E-state index is 3.65. The predicted molar refractivity (Wildman–Crippen MR) is 83.4 cm³/mol. The van der Waals surface area contributed by atoms with Gasteiger partial charge in [0.2, 0.25) is 0 Å². The molecule has 1 N–H and O–H groups in total. The minimum atomic E-state index is 0.510. The van der Waals surface area contributed by atoms with E-state index in [1.54, 1.807) is 0 Å². The van der Waals surface area contributed by atoms with Gasteiger partial charge in [0.15, 0.2) is 0 Å². The molecule has 102 valence electrons. The van der Waals surface area contributed by atoms with Crippen molar-refractivity contribution in [3.8, 4) is 0 Å². The third-order valence-corrected chi connectivity index (χ3v) is 4.27. The number of benzene rings is 1. The maximum absolute atomic E-state index is 3.65. The molecule has 0 heterocycles.